The Morgan fingerprint density at radius 1 is 1.47 bits per heavy atom. The number of rotatable bonds is 6. The van der Waals surface area contributed by atoms with Crippen LogP contribution in [0.15, 0.2) is 17.2 Å². The van der Waals surface area contributed by atoms with Gasteiger partial charge in [0, 0.05) is 37.4 Å². The molecule has 1 heterocycles. The van der Waals surface area contributed by atoms with Crippen molar-refractivity contribution in [2.24, 2.45) is 0 Å². The van der Waals surface area contributed by atoms with E-state index >= 15 is 0 Å². The molecule has 4 nitrogen and oxygen atoms in total. The number of halogens is 1. The number of aromatic nitrogens is 2. The molecule has 106 valence electrons. The van der Waals surface area contributed by atoms with Crippen molar-refractivity contribution in [2.45, 2.75) is 51.6 Å². The van der Waals surface area contributed by atoms with Crippen LogP contribution in [0.3, 0.4) is 0 Å². The van der Waals surface area contributed by atoms with Crippen LogP contribution in [-0.4, -0.2) is 28.0 Å². The Morgan fingerprint density at radius 2 is 2.21 bits per heavy atom. The van der Waals surface area contributed by atoms with Gasteiger partial charge in [0.05, 0.1) is 0 Å². The summed E-state index contributed by atoms with van der Waals surface area (Å²) in [5.74, 6) is 1.10. The lowest BCUT2D eigenvalue weighted by atomic mass is 10.2. The molecule has 5 heteroatoms. The highest BCUT2D eigenvalue weighted by Gasteiger charge is 2.25. The van der Waals surface area contributed by atoms with Crippen LogP contribution in [-0.2, 0) is 6.54 Å². The summed E-state index contributed by atoms with van der Waals surface area (Å²) in [6, 6.07) is 0.427. The van der Waals surface area contributed by atoms with E-state index in [-0.39, 0.29) is 5.56 Å². The number of anilines is 1. The highest BCUT2D eigenvalue weighted by molar-refractivity contribution is 6.18. The minimum atomic E-state index is 0.0152. The molecule has 0 aromatic carbocycles. The van der Waals surface area contributed by atoms with Crippen LogP contribution >= 0.6 is 11.6 Å². The van der Waals surface area contributed by atoms with E-state index < -0.39 is 0 Å². The summed E-state index contributed by atoms with van der Waals surface area (Å²) in [6.07, 6.45) is 9.19. The molecule has 1 aromatic heterocycles. The first-order chi connectivity index (χ1) is 9.27. The molecule has 0 aliphatic heterocycles. The fourth-order valence-electron chi connectivity index (χ4n) is 2.82. The van der Waals surface area contributed by atoms with E-state index in [1.165, 1.54) is 12.8 Å². The summed E-state index contributed by atoms with van der Waals surface area (Å²) >= 11 is 5.90. The average molecular weight is 284 g/mol. The second-order valence-corrected chi connectivity index (χ2v) is 5.45. The summed E-state index contributed by atoms with van der Waals surface area (Å²) in [7, 11) is 0. The first kappa shape index (κ1) is 14.4. The zero-order chi connectivity index (χ0) is 13.7. The SMILES string of the molecule is CCCn1ccnc(N(CCCl)C2CCCC2)c1=O. The molecule has 1 saturated carbocycles. The molecule has 0 bridgehead atoms. The fraction of sp³-hybridized carbons (Fsp3) is 0.714. The molecule has 0 unspecified atom stereocenters. The second kappa shape index (κ2) is 6.94. The van der Waals surface area contributed by atoms with Crippen LogP contribution in [0.25, 0.3) is 0 Å². The van der Waals surface area contributed by atoms with Crippen molar-refractivity contribution in [3.8, 4) is 0 Å². The molecule has 2 rings (SSSR count). The highest BCUT2D eigenvalue weighted by Crippen LogP contribution is 2.25. The highest BCUT2D eigenvalue weighted by atomic mass is 35.5. The fourth-order valence-corrected chi connectivity index (χ4v) is 3.00. The van der Waals surface area contributed by atoms with Gasteiger partial charge in [-0.3, -0.25) is 4.79 Å². The molecule has 1 aliphatic rings. The summed E-state index contributed by atoms with van der Waals surface area (Å²) in [6.45, 7) is 3.51. The van der Waals surface area contributed by atoms with E-state index in [1.807, 2.05) is 0 Å². The van der Waals surface area contributed by atoms with Gasteiger partial charge in [0.15, 0.2) is 5.82 Å². The third-order valence-corrected chi connectivity index (χ3v) is 3.89. The lowest BCUT2D eigenvalue weighted by Crippen LogP contribution is -2.40. The van der Waals surface area contributed by atoms with Crippen LogP contribution in [0.1, 0.15) is 39.0 Å². The van der Waals surface area contributed by atoms with E-state index in [0.29, 0.717) is 24.3 Å². The summed E-state index contributed by atoms with van der Waals surface area (Å²) in [4.78, 5) is 18.9. The maximum Gasteiger partial charge on any atom is 0.293 e. The van der Waals surface area contributed by atoms with Crippen molar-refractivity contribution >= 4 is 17.4 Å². The molecule has 1 fully saturated rings. The van der Waals surface area contributed by atoms with E-state index in [1.54, 1.807) is 17.0 Å². The predicted molar refractivity (Wildman–Crippen MR) is 79.1 cm³/mol. The smallest absolute Gasteiger partial charge is 0.293 e. The van der Waals surface area contributed by atoms with Gasteiger partial charge < -0.3 is 9.47 Å². The number of alkyl halides is 1. The first-order valence-corrected chi connectivity index (χ1v) is 7.69. The summed E-state index contributed by atoms with van der Waals surface area (Å²) in [5.41, 5.74) is 0.0152. The third kappa shape index (κ3) is 3.30. The van der Waals surface area contributed by atoms with Gasteiger partial charge in [-0.1, -0.05) is 19.8 Å². The molecular formula is C14H22ClN3O. The minimum absolute atomic E-state index is 0.0152. The van der Waals surface area contributed by atoms with E-state index in [0.717, 1.165) is 25.8 Å². The van der Waals surface area contributed by atoms with Crippen LogP contribution in [0, 0.1) is 0 Å². The molecule has 1 aliphatic carbocycles. The van der Waals surface area contributed by atoms with E-state index in [2.05, 4.69) is 16.8 Å². The van der Waals surface area contributed by atoms with E-state index in [9.17, 15) is 4.79 Å². The molecule has 0 N–H and O–H groups in total. The van der Waals surface area contributed by atoms with Gasteiger partial charge >= 0.3 is 0 Å². The molecule has 1 aromatic rings. The van der Waals surface area contributed by atoms with Gasteiger partial charge in [-0.05, 0) is 19.3 Å². The Kier molecular flexibility index (Phi) is 5.25. The number of hydrogen-bond acceptors (Lipinski definition) is 3. The van der Waals surface area contributed by atoms with Crippen LogP contribution < -0.4 is 10.5 Å². The lowest BCUT2D eigenvalue weighted by Gasteiger charge is -2.29. The minimum Gasteiger partial charge on any atom is -0.348 e. The van der Waals surface area contributed by atoms with Crippen molar-refractivity contribution in [3.05, 3.63) is 22.7 Å². The predicted octanol–water partition coefficient (Wildman–Crippen LogP) is 2.64. The zero-order valence-corrected chi connectivity index (χ0v) is 12.3. The lowest BCUT2D eigenvalue weighted by molar-refractivity contribution is 0.593. The number of aryl methyl sites for hydroxylation is 1. The van der Waals surface area contributed by atoms with E-state index in [4.69, 9.17) is 11.6 Å². The third-order valence-electron chi connectivity index (χ3n) is 3.72. The van der Waals surface area contributed by atoms with Gasteiger partial charge in [-0.25, -0.2) is 4.98 Å². The Morgan fingerprint density at radius 3 is 2.84 bits per heavy atom. The summed E-state index contributed by atoms with van der Waals surface area (Å²) < 4.78 is 1.75. The average Bonchev–Trinajstić information content (AvgIpc) is 2.93. The zero-order valence-electron chi connectivity index (χ0n) is 11.5. The first-order valence-electron chi connectivity index (χ1n) is 7.16. The van der Waals surface area contributed by atoms with Crippen molar-refractivity contribution < 1.29 is 0 Å². The topological polar surface area (TPSA) is 38.1 Å². The monoisotopic (exact) mass is 283 g/mol. The van der Waals surface area contributed by atoms with Gasteiger partial charge in [0.25, 0.3) is 5.56 Å². The van der Waals surface area contributed by atoms with Gasteiger partial charge in [0.1, 0.15) is 0 Å². The normalized spacial score (nSPS) is 15.9. The molecular weight excluding hydrogens is 262 g/mol. The number of hydrogen-bond donors (Lipinski definition) is 0. The van der Waals surface area contributed by atoms with Crippen molar-refractivity contribution in [3.63, 3.8) is 0 Å². The Bertz CT molecular complexity index is 454. The summed E-state index contributed by atoms with van der Waals surface area (Å²) in [5, 5.41) is 0. The Balaban J connectivity index is 2.30. The molecule has 0 spiro atoms. The van der Waals surface area contributed by atoms with Crippen molar-refractivity contribution in [2.75, 3.05) is 17.3 Å². The quantitative estimate of drug-likeness (QED) is 0.754. The Labute approximate surface area is 119 Å². The van der Waals surface area contributed by atoms with Crippen LogP contribution in [0.2, 0.25) is 0 Å². The van der Waals surface area contributed by atoms with Crippen LogP contribution in [0.4, 0.5) is 5.82 Å². The van der Waals surface area contributed by atoms with Gasteiger partial charge in [-0.15, -0.1) is 11.6 Å². The largest absolute Gasteiger partial charge is 0.348 e. The van der Waals surface area contributed by atoms with Crippen molar-refractivity contribution in [1.82, 2.24) is 9.55 Å². The van der Waals surface area contributed by atoms with Gasteiger partial charge in [-0.2, -0.15) is 0 Å². The maximum absolute atomic E-state index is 12.4. The van der Waals surface area contributed by atoms with Crippen LogP contribution in [0.5, 0.6) is 0 Å². The molecule has 0 radical (unpaired) electrons. The Hall–Kier alpha value is -1.03. The second-order valence-electron chi connectivity index (χ2n) is 5.07. The number of nitrogens with zero attached hydrogens (tertiary/aromatic N) is 3. The maximum atomic E-state index is 12.4. The van der Waals surface area contributed by atoms with Crippen molar-refractivity contribution in [1.29, 1.82) is 0 Å². The molecule has 0 amide bonds. The van der Waals surface area contributed by atoms with Gasteiger partial charge in [0.2, 0.25) is 0 Å². The molecule has 0 atom stereocenters. The standard InChI is InChI=1S/C14H22ClN3O/c1-2-9-17-11-8-16-13(14(17)19)18(10-7-15)12-5-3-4-6-12/h8,11-12H,2-7,9-10H2,1H3. The molecule has 0 saturated heterocycles. The molecule has 19 heavy (non-hydrogen) atoms.